The lowest BCUT2D eigenvalue weighted by molar-refractivity contribution is -0.385. The van der Waals surface area contributed by atoms with Gasteiger partial charge in [0, 0.05) is 18.1 Å². The van der Waals surface area contributed by atoms with Crippen LogP contribution in [0.25, 0.3) is 0 Å². The molecule has 0 spiro atoms. The first-order valence-corrected chi connectivity index (χ1v) is 8.57. The molecule has 1 aliphatic rings. The highest BCUT2D eigenvalue weighted by Gasteiger charge is 2.17. The number of rotatable bonds is 7. The number of nitro groups is 1. The van der Waals surface area contributed by atoms with Gasteiger partial charge in [-0.05, 0) is 42.5 Å². The first kappa shape index (κ1) is 17.8. The van der Waals surface area contributed by atoms with Gasteiger partial charge in [-0.3, -0.25) is 19.7 Å². The highest BCUT2D eigenvalue weighted by molar-refractivity contribution is 5.97. The monoisotopic (exact) mass is 353 g/mol. The second-order valence-electron chi connectivity index (χ2n) is 6.31. The third-order valence-corrected chi connectivity index (χ3v) is 4.55. The summed E-state index contributed by atoms with van der Waals surface area (Å²) in [7, 11) is 0. The molecule has 0 fully saturated rings. The maximum atomic E-state index is 12.3. The van der Waals surface area contributed by atoms with Gasteiger partial charge in [-0.25, -0.2) is 0 Å². The summed E-state index contributed by atoms with van der Waals surface area (Å²) in [5, 5.41) is 10.9. The Morgan fingerprint density at radius 3 is 2.62 bits per heavy atom. The molecule has 0 N–H and O–H groups in total. The van der Waals surface area contributed by atoms with Crippen molar-refractivity contribution in [2.45, 2.75) is 38.7 Å². The molecule has 3 rings (SSSR count). The number of carbonyl (C=O) groups excluding carboxylic acids is 2. The average molecular weight is 353 g/mol. The van der Waals surface area contributed by atoms with Gasteiger partial charge in [-0.2, -0.15) is 0 Å². The number of nitro benzene ring substituents is 1. The fourth-order valence-corrected chi connectivity index (χ4v) is 3.15. The number of nitrogens with zero attached hydrogens (tertiary/aromatic N) is 1. The largest absolute Gasteiger partial charge is 0.461 e. The van der Waals surface area contributed by atoms with Gasteiger partial charge in [-0.15, -0.1) is 0 Å². The van der Waals surface area contributed by atoms with E-state index >= 15 is 0 Å². The quantitative estimate of drug-likeness (QED) is 0.327. The van der Waals surface area contributed by atoms with Crippen LogP contribution in [-0.2, 0) is 29.0 Å². The SMILES string of the molecule is O=C(CCC(=O)c1ccc2c(c1)CCC2)OCc1ccccc1[N+](=O)[O-]. The number of Topliss-reactive ketones (excluding diaryl/α,β-unsaturated/α-hetero) is 1. The van der Waals surface area contributed by atoms with E-state index in [1.807, 2.05) is 18.2 Å². The lowest BCUT2D eigenvalue weighted by Gasteiger charge is -2.06. The summed E-state index contributed by atoms with van der Waals surface area (Å²) in [4.78, 5) is 34.6. The summed E-state index contributed by atoms with van der Waals surface area (Å²) >= 11 is 0. The van der Waals surface area contributed by atoms with Crippen molar-refractivity contribution in [1.82, 2.24) is 0 Å². The van der Waals surface area contributed by atoms with Crippen LogP contribution in [0.2, 0.25) is 0 Å². The van der Waals surface area contributed by atoms with Crippen molar-refractivity contribution in [2.75, 3.05) is 0 Å². The van der Waals surface area contributed by atoms with Crippen molar-refractivity contribution in [1.29, 1.82) is 0 Å². The molecule has 0 aromatic heterocycles. The molecule has 2 aromatic carbocycles. The Morgan fingerprint density at radius 2 is 1.81 bits per heavy atom. The highest BCUT2D eigenvalue weighted by atomic mass is 16.6. The van der Waals surface area contributed by atoms with Crippen LogP contribution in [0.1, 0.15) is 46.3 Å². The zero-order valence-corrected chi connectivity index (χ0v) is 14.3. The topological polar surface area (TPSA) is 86.5 Å². The van der Waals surface area contributed by atoms with E-state index in [0.29, 0.717) is 11.1 Å². The Kier molecular flexibility index (Phi) is 5.41. The second kappa shape index (κ2) is 7.91. The fourth-order valence-electron chi connectivity index (χ4n) is 3.15. The fraction of sp³-hybridized carbons (Fsp3) is 0.300. The number of esters is 1. The van der Waals surface area contributed by atoms with Crippen molar-refractivity contribution >= 4 is 17.4 Å². The highest BCUT2D eigenvalue weighted by Crippen LogP contribution is 2.23. The minimum Gasteiger partial charge on any atom is -0.461 e. The van der Waals surface area contributed by atoms with Crippen LogP contribution in [0.15, 0.2) is 42.5 Å². The summed E-state index contributed by atoms with van der Waals surface area (Å²) in [6, 6.07) is 11.8. The molecule has 0 heterocycles. The Hall–Kier alpha value is -3.02. The van der Waals surface area contributed by atoms with Gasteiger partial charge in [0.25, 0.3) is 5.69 Å². The molecule has 134 valence electrons. The molecule has 0 saturated carbocycles. The van der Waals surface area contributed by atoms with Crippen molar-refractivity contribution < 1.29 is 19.2 Å². The number of ketones is 1. The Balaban J connectivity index is 1.51. The normalized spacial score (nSPS) is 12.5. The van der Waals surface area contributed by atoms with Gasteiger partial charge < -0.3 is 4.74 Å². The minimum absolute atomic E-state index is 0.0451. The summed E-state index contributed by atoms with van der Waals surface area (Å²) in [6.07, 6.45) is 3.19. The summed E-state index contributed by atoms with van der Waals surface area (Å²) in [6.45, 7) is -0.178. The number of aryl methyl sites for hydroxylation is 2. The van der Waals surface area contributed by atoms with Crippen molar-refractivity contribution in [3.63, 3.8) is 0 Å². The minimum atomic E-state index is -0.544. The van der Waals surface area contributed by atoms with E-state index in [-0.39, 0.29) is 30.9 Å². The second-order valence-corrected chi connectivity index (χ2v) is 6.31. The van der Waals surface area contributed by atoms with Crippen LogP contribution in [0.4, 0.5) is 5.69 Å². The van der Waals surface area contributed by atoms with Gasteiger partial charge in [-0.1, -0.05) is 24.3 Å². The van der Waals surface area contributed by atoms with Crippen LogP contribution in [0.5, 0.6) is 0 Å². The zero-order chi connectivity index (χ0) is 18.5. The molecule has 0 unspecified atom stereocenters. The molecule has 0 amide bonds. The van der Waals surface area contributed by atoms with E-state index in [4.69, 9.17) is 4.74 Å². The molecule has 2 aromatic rings. The third kappa shape index (κ3) is 4.14. The molecular formula is C20H19NO5. The molecule has 0 radical (unpaired) electrons. The van der Waals surface area contributed by atoms with Crippen LogP contribution in [0.3, 0.4) is 0 Å². The lowest BCUT2D eigenvalue weighted by atomic mass is 10.0. The van der Waals surface area contributed by atoms with Crippen molar-refractivity contribution in [2.24, 2.45) is 0 Å². The average Bonchev–Trinajstić information content (AvgIpc) is 3.12. The molecule has 6 heteroatoms. The van der Waals surface area contributed by atoms with E-state index < -0.39 is 10.9 Å². The van der Waals surface area contributed by atoms with Gasteiger partial charge in [0.1, 0.15) is 6.61 Å². The molecule has 26 heavy (non-hydrogen) atoms. The van der Waals surface area contributed by atoms with Crippen LogP contribution < -0.4 is 0 Å². The van der Waals surface area contributed by atoms with E-state index in [1.54, 1.807) is 18.2 Å². The first-order valence-electron chi connectivity index (χ1n) is 8.57. The predicted molar refractivity (Wildman–Crippen MR) is 94.9 cm³/mol. The van der Waals surface area contributed by atoms with E-state index in [0.717, 1.165) is 19.3 Å². The van der Waals surface area contributed by atoms with Gasteiger partial charge >= 0.3 is 5.97 Å². The number of ether oxygens (including phenoxy) is 1. The number of benzene rings is 2. The molecule has 0 aliphatic heterocycles. The molecule has 1 aliphatic carbocycles. The number of para-hydroxylation sites is 1. The Bertz CT molecular complexity index is 859. The molecule has 6 nitrogen and oxygen atoms in total. The van der Waals surface area contributed by atoms with Crippen molar-refractivity contribution in [3.8, 4) is 0 Å². The molecule has 0 bridgehead atoms. The van der Waals surface area contributed by atoms with Gasteiger partial charge in [0.05, 0.1) is 16.9 Å². The molecular weight excluding hydrogens is 334 g/mol. The third-order valence-electron chi connectivity index (χ3n) is 4.55. The zero-order valence-electron chi connectivity index (χ0n) is 14.3. The van der Waals surface area contributed by atoms with Crippen LogP contribution >= 0.6 is 0 Å². The molecule has 0 saturated heterocycles. The summed E-state index contributed by atoms with van der Waals surface area (Å²) in [5.74, 6) is -0.639. The van der Waals surface area contributed by atoms with Crippen molar-refractivity contribution in [3.05, 3.63) is 74.8 Å². The van der Waals surface area contributed by atoms with Gasteiger partial charge in [0.2, 0.25) is 0 Å². The first-order chi connectivity index (χ1) is 12.5. The maximum Gasteiger partial charge on any atom is 0.306 e. The Labute approximate surface area is 150 Å². The van der Waals surface area contributed by atoms with E-state index in [2.05, 4.69) is 0 Å². The van der Waals surface area contributed by atoms with Gasteiger partial charge in [0.15, 0.2) is 5.78 Å². The van der Waals surface area contributed by atoms with Crippen LogP contribution in [-0.4, -0.2) is 16.7 Å². The van der Waals surface area contributed by atoms with Crippen LogP contribution in [0, 0.1) is 10.1 Å². The summed E-state index contributed by atoms with van der Waals surface area (Å²) in [5.41, 5.74) is 3.38. The molecule has 0 atom stereocenters. The standard InChI is InChI=1S/C20H19NO5/c22-19(16-9-8-14-5-3-6-15(14)12-16)10-11-20(23)26-13-17-4-1-2-7-18(17)21(24)25/h1-2,4,7-9,12H,3,5-6,10-11,13H2. The number of carbonyl (C=O) groups is 2. The Morgan fingerprint density at radius 1 is 1.04 bits per heavy atom. The lowest BCUT2D eigenvalue weighted by Crippen LogP contribution is -2.09. The van der Waals surface area contributed by atoms with E-state index in [9.17, 15) is 19.7 Å². The maximum absolute atomic E-state index is 12.3. The summed E-state index contributed by atoms with van der Waals surface area (Å²) < 4.78 is 5.08. The van der Waals surface area contributed by atoms with E-state index in [1.165, 1.54) is 17.2 Å². The number of hydrogen-bond acceptors (Lipinski definition) is 5. The predicted octanol–water partition coefficient (Wildman–Crippen LogP) is 3.79. The smallest absolute Gasteiger partial charge is 0.306 e. The number of fused-ring (bicyclic) bond motifs is 1. The number of hydrogen-bond donors (Lipinski definition) is 0.